The van der Waals surface area contributed by atoms with Crippen LogP contribution >= 0.6 is 12.4 Å². The van der Waals surface area contributed by atoms with Crippen molar-refractivity contribution in [1.82, 2.24) is 4.90 Å². The Kier molecular flexibility index (Phi) is 4.02. The van der Waals surface area contributed by atoms with E-state index in [1.165, 1.54) is 21.9 Å². The smallest absolute Gasteiger partial charge is 0.122 e. The molecule has 0 saturated carbocycles. The van der Waals surface area contributed by atoms with Crippen molar-refractivity contribution in [2.75, 3.05) is 21.2 Å². The van der Waals surface area contributed by atoms with Gasteiger partial charge in [0.15, 0.2) is 0 Å². The second kappa shape index (κ2) is 5.40. The molecule has 1 aliphatic carbocycles. The predicted octanol–water partition coefficient (Wildman–Crippen LogP) is 3.30. The maximum absolute atomic E-state index is 5.54. The number of nitrogens with zero attached hydrogens (tertiary/aromatic N) is 1. The van der Waals surface area contributed by atoms with Crippen LogP contribution in [0.25, 0.3) is 10.8 Å². The molecule has 0 N–H and O–H groups in total. The van der Waals surface area contributed by atoms with E-state index in [2.05, 4.69) is 49.3 Å². The van der Waals surface area contributed by atoms with E-state index in [0.29, 0.717) is 6.04 Å². The van der Waals surface area contributed by atoms with Crippen molar-refractivity contribution in [3.05, 3.63) is 41.5 Å². The number of likely N-dealkylation sites (N-methyl/N-ethyl adjacent to an activating group) is 1. The lowest BCUT2D eigenvalue weighted by atomic mass is 9.85. The van der Waals surface area contributed by atoms with Crippen molar-refractivity contribution in [3.8, 4) is 5.75 Å². The maximum atomic E-state index is 5.54. The quantitative estimate of drug-likeness (QED) is 0.835. The third-order valence-electron chi connectivity index (χ3n) is 4.04. The zero-order valence-corrected chi connectivity index (χ0v) is 12.5. The van der Waals surface area contributed by atoms with Gasteiger partial charge < -0.3 is 9.64 Å². The summed E-state index contributed by atoms with van der Waals surface area (Å²) in [5, 5.41) is 2.75. The third kappa shape index (κ3) is 2.31. The number of halogens is 1. The second-order valence-electron chi connectivity index (χ2n) is 5.29. The van der Waals surface area contributed by atoms with E-state index in [0.717, 1.165) is 18.6 Å². The average Bonchev–Trinajstić information content (AvgIpc) is 2.39. The Bertz CT molecular complexity index is 595. The van der Waals surface area contributed by atoms with Crippen molar-refractivity contribution in [3.63, 3.8) is 0 Å². The molecule has 0 spiro atoms. The van der Waals surface area contributed by atoms with Crippen molar-refractivity contribution < 1.29 is 4.74 Å². The number of hydrogen-bond acceptors (Lipinski definition) is 2. The molecule has 0 saturated heterocycles. The van der Waals surface area contributed by atoms with Gasteiger partial charge in [-0.3, -0.25) is 0 Å². The first-order chi connectivity index (χ1) is 8.70. The highest BCUT2D eigenvalue weighted by molar-refractivity contribution is 5.91. The molecule has 0 radical (unpaired) electrons. The molecule has 19 heavy (non-hydrogen) atoms. The minimum atomic E-state index is 0. The fraction of sp³-hybridized carbons (Fsp3) is 0.375. The van der Waals surface area contributed by atoms with Gasteiger partial charge >= 0.3 is 0 Å². The fourth-order valence-corrected chi connectivity index (χ4v) is 3.01. The molecule has 1 unspecified atom stereocenters. The summed E-state index contributed by atoms with van der Waals surface area (Å²) in [5.41, 5.74) is 2.82. The lowest BCUT2D eigenvalue weighted by molar-refractivity contribution is 0.284. The number of benzene rings is 2. The van der Waals surface area contributed by atoms with Crippen LogP contribution < -0.4 is 4.74 Å². The van der Waals surface area contributed by atoms with Gasteiger partial charge in [-0.15, -0.1) is 12.4 Å². The van der Waals surface area contributed by atoms with Gasteiger partial charge in [-0.2, -0.15) is 0 Å². The molecule has 102 valence electrons. The SMILES string of the molecule is COc1ccc2cccc3c2c1CC(N(C)C)C3.Cl. The molecular weight excluding hydrogens is 258 g/mol. The Balaban J connectivity index is 0.00000133. The summed E-state index contributed by atoms with van der Waals surface area (Å²) in [5.74, 6) is 1.03. The first-order valence-corrected chi connectivity index (χ1v) is 6.44. The van der Waals surface area contributed by atoms with E-state index in [9.17, 15) is 0 Å². The normalized spacial score (nSPS) is 17.4. The summed E-state index contributed by atoms with van der Waals surface area (Å²) < 4.78 is 5.54. The summed E-state index contributed by atoms with van der Waals surface area (Å²) in [6.07, 6.45) is 2.20. The van der Waals surface area contributed by atoms with Gasteiger partial charge in [0, 0.05) is 11.6 Å². The van der Waals surface area contributed by atoms with Gasteiger partial charge in [0.2, 0.25) is 0 Å². The standard InChI is InChI=1S/C16H19NO.ClH/c1-17(2)13-9-12-6-4-5-11-7-8-15(18-3)14(10-13)16(11)12;/h4-8,13H,9-10H2,1-3H3;1H. The molecule has 0 fully saturated rings. The van der Waals surface area contributed by atoms with Gasteiger partial charge in [-0.1, -0.05) is 24.3 Å². The van der Waals surface area contributed by atoms with Gasteiger partial charge in [0.05, 0.1) is 7.11 Å². The Morgan fingerprint density at radius 2 is 1.89 bits per heavy atom. The van der Waals surface area contributed by atoms with Crippen LogP contribution in [0.1, 0.15) is 11.1 Å². The van der Waals surface area contributed by atoms with Crippen LogP contribution in [0.2, 0.25) is 0 Å². The van der Waals surface area contributed by atoms with Crippen LogP contribution in [0.3, 0.4) is 0 Å². The molecule has 1 atom stereocenters. The lowest BCUT2D eigenvalue weighted by Crippen LogP contribution is -2.34. The van der Waals surface area contributed by atoms with E-state index in [1.807, 2.05) is 0 Å². The molecule has 3 rings (SSSR count). The maximum Gasteiger partial charge on any atom is 0.122 e. The molecule has 2 nitrogen and oxygen atoms in total. The van der Waals surface area contributed by atoms with Crippen molar-refractivity contribution in [2.45, 2.75) is 18.9 Å². The fourth-order valence-electron chi connectivity index (χ4n) is 3.01. The van der Waals surface area contributed by atoms with Crippen LogP contribution in [0.15, 0.2) is 30.3 Å². The van der Waals surface area contributed by atoms with E-state index in [4.69, 9.17) is 4.74 Å². The van der Waals surface area contributed by atoms with Gasteiger partial charge in [-0.05, 0) is 49.3 Å². The van der Waals surface area contributed by atoms with Crippen LogP contribution in [-0.2, 0) is 12.8 Å². The van der Waals surface area contributed by atoms with E-state index < -0.39 is 0 Å². The zero-order valence-electron chi connectivity index (χ0n) is 11.6. The Hall–Kier alpha value is -1.25. The minimum Gasteiger partial charge on any atom is -0.496 e. The molecule has 1 aliphatic rings. The minimum absolute atomic E-state index is 0. The monoisotopic (exact) mass is 277 g/mol. The van der Waals surface area contributed by atoms with E-state index in [1.54, 1.807) is 7.11 Å². The summed E-state index contributed by atoms with van der Waals surface area (Å²) in [6, 6.07) is 11.4. The van der Waals surface area contributed by atoms with Crippen LogP contribution in [0.4, 0.5) is 0 Å². The van der Waals surface area contributed by atoms with Crippen LogP contribution in [-0.4, -0.2) is 32.1 Å². The molecular formula is C16H20ClNO. The summed E-state index contributed by atoms with van der Waals surface area (Å²) in [4.78, 5) is 2.31. The average molecular weight is 278 g/mol. The number of hydrogen-bond donors (Lipinski definition) is 0. The van der Waals surface area contributed by atoms with Gasteiger partial charge in [0.1, 0.15) is 5.75 Å². The highest BCUT2D eigenvalue weighted by atomic mass is 35.5. The van der Waals surface area contributed by atoms with Crippen LogP contribution in [0.5, 0.6) is 5.75 Å². The highest BCUT2D eigenvalue weighted by Gasteiger charge is 2.24. The second-order valence-corrected chi connectivity index (χ2v) is 5.29. The molecule has 2 aromatic rings. The Morgan fingerprint density at radius 3 is 2.58 bits per heavy atom. The van der Waals surface area contributed by atoms with Crippen molar-refractivity contribution in [1.29, 1.82) is 0 Å². The van der Waals surface area contributed by atoms with Gasteiger partial charge in [-0.25, -0.2) is 0 Å². The number of methoxy groups -OCH3 is 1. The third-order valence-corrected chi connectivity index (χ3v) is 4.04. The molecule has 0 amide bonds. The zero-order chi connectivity index (χ0) is 12.7. The first-order valence-electron chi connectivity index (χ1n) is 6.44. The van der Waals surface area contributed by atoms with Gasteiger partial charge in [0.25, 0.3) is 0 Å². The summed E-state index contributed by atoms with van der Waals surface area (Å²) in [7, 11) is 6.08. The Labute approximate surface area is 120 Å². The summed E-state index contributed by atoms with van der Waals surface area (Å²) in [6.45, 7) is 0. The topological polar surface area (TPSA) is 12.5 Å². The molecule has 0 bridgehead atoms. The molecule has 3 heteroatoms. The first kappa shape index (κ1) is 14.2. The lowest BCUT2D eigenvalue weighted by Gasteiger charge is -2.31. The largest absolute Gasteiger partial charge is 0.496 e. The van der Waals surface area contributed by atoms with E-state index >= 15 is 0 Å². The number of rotatable bonds is 2. The molecule has 0 aromatic heterocycles. The highest BCUT2D eigenvalue weighted by Crippen LogP contribution is 2.36. The van der Waals surface area contributed by atoms with Crippen LogP contribution in [0, 0.1) is 0 Å². The predicted molar refractivity (Wildman–Crippen MR) is 82.6 cm³/mol. The molecule has 0 aliphatic heterocycles. The molecule has 2 aromatic carbocycles. The Morgan fingerprint density at radius 1 is 1.11 bits per heavy atom. The number of ether oxygens (including phenoxy) is 1. The van der Waals surface area contributed by atoms with Crippen molar-refractivity contribution in [2.24, 2.45) is 0 Å². The summed E-state index contributed by atoms with van der Waals surface area (Å²) >= 11 is 0. The molecule has 0 heterocycles. The van der Waals surface area contributed by atoms with Crippen molar-refractivity contribution >= 4 is 23.2 Å². The van der Waals surface area contributed by atoms with E-state index in [-0.39, 0.29) is 12.4 Å².